The predicted molar refractivity (Wildman–Crippen MR) is 115 cm³/mol. The maximum atomic E-state index is 12.6. The van der Waals surface area contributed by atoms with Crippen LogP contribution in [0, 0.1) is 0 Å². The van der Waals surface area contributed by atoms with E-state index in [1.165, 1.54) is 17.4 Å². The molecule has 0 aliphatic carbocycles. The Kier molecular flexibility index (Phi) is 5.49. The predicted octanol–water partition coefficient (Wildman–Crippen LogP) is 4.23. The van der Waals surface area contributed by atoms with Gasteiger partial charge in [0, 0.05) is 43.2 Å². The molecule has 2 aromatic heterocycles. The molecule has 2 fully saturated rings. The molecule has 156 valence electrons. The minimum atomic E-state index is -0.00421. The van der Waals surface area contributed by atoms with E-state index in [-0.39, 0.29) is 5.91 Å². The second-order valence-corrected chi connectivity index (χ2v) is 8.51. The summed E-state index contributed by atoms with van der Waals surface area (Å²) in [6, 6.07) is 12.3. The molecule has 2 aliphatic rings. The van der Waals surface area contributed by atoms with Crippen molar-refractivity contribution in [1.82, 2.24) is 19.9 Å². The topological polar surface area (TPSA) is 62.5 Å². The number of fused-ring (bicyclic) bond motifs is 1. The molecule has 0 atom stereocenters. The zero-order valence-corrected chi connectivity index (χ0v) is 17.3. The highest BCUT2D eigenvalue weighted by atomic mass is 16.5. The normalized spacial score (nSPS) is 18.7. The molecule has 0 unspecified atom stereocenters. The van der Waals surface area contributed by atoms with Crippen molar-refractivity contribution in [2.24, 2.45) is 0 Å². The molecule has 1 amide bonds. The quantitative estimate of drug-likeness (QED) is 0.651. The molecule has 6 nitrogen and oxygen atoms in total. The van der Waals surface area contributed by atoms with Crippen LogP contribution in [0.4, 0.5) is 0 Å². The number of hydrogen-bond acceptors (Lipinski definition) is 5. The average Bonchev–Trinajstić information content (AvgIpc) is 3.30. The van der Waals surface area contributed by atoms with Gasteiger partial charge in [-0.15, -0.1) is 0 Å². The number of rotatable bonds is 4. The molecular formula is C24H28N4O2. The Hall–Kier alpha value is -2.73. The Morgan fingerprint density at radius 2 is 1.83 bits per heavy atom. The number of para-hydroxylation sites is 1. The fourth-order valence-electron chi connectivity index (χ4n) is 4.76. The van der Waals surface area contributed by atoms with Gasteiger partial charge in [-0.1, -0.05) is 23.4 Å². The molecule has 30 heavy (non-hydrogen) atoms. The summed E-state index contributed by atoms with van der Waals surface area (Å²) in [7, 11) is 0. The van der Waals surface area contributed by atoms with E-state index in [4.69, 9.17) is 4.52 Å². The largest absolute Gasteiger partial charge is 0.351 e. The van der Waals surface area contributed by atoms with Crippen LogP contribution in [0.5, 0.6) is 0 Å². The summed E-state index contributed by atoms with van der Waals surface area (Å²) in [5.41, 5.74) is 3.32. The van der Waals surface area contributed by atoms with Gasteiger partial charge in [0.15, 0.2) is 0 Å². The zero-order valence-electron chi connectivity index (χ0n) is 17.3. The van der Waals surface area contributed by atoms with Crippen LogP contribution in [0.25, 0.3) is 10.9 Å². The summed E-state index contributed by atoms with van der Waals surface area (Å²) in [5.74, 6) is 0.759. The first kappa shape index (κ1) is 19.2. The van der Waals surface area contributed by atoms with E-state index in [9.17, 15) is 4.79 Å². The van der Waals surface area contributed by atoms with Crippen molar-refractivity contribution < 1.29 is 9.32 Å². The van der Waals surface area contributed by atoms with Gasteiger partial charge >= 0.3 is 0 Å². The van der Waals surface area contributed by atoms with Gasteiger partial charge in [-0.3, -0.25) is 14.7 Å². The third-order valence-electron chi connectivity index (χ3n) is 6.52. The van der Waals surface area contributed by atoms with Gasteiger partial charge in [0.1, 0.15) is 0 Å². The summed E-state index contributed by atoms with van der Waals surface area (Å²) >= 11 is 0. The third-order valence-corrected chi connectivity index (χ3v) is 6.52. The number of hydrogen-bond donors (Lipinski definition) is 0. The van der Waals surface area contributed by atoms with Crippen LogP contribution in [0.3, 0.4) is 0 Å². The van der Waals surface area contributed by atoms with Gasteiger partial charge in [0.25, 0.3) is 5.91 Å². The highest BCUT2D eigenvalue weighted by molar-refractivity contribution is 5.91. The number of piperidine rings is 2. The Morgan fingerprint density at radius 1 is 1.03 bits per heavy atom. The molecule has 6 heteroatoms. The first-order chi connectivity index (χ1) is 14.8. The average molecular weight is 405 g/mol. The summed E-state index contributed by atoms with van der Waals surface area (Å²) in [4.78, 5) is 21.5. The fourth-order valence-corrected chi connectivity index (χ4v) is 4.76. The molecular weight excluding hydrogens is 376 g/mol. The third kappa shape index (κ3) is 3.97. The molecule has 0 saturated carbocycles. The van der Waals surface area contributed by atoms with Crippen molar-refractivity contribution in [3.8, 4) is 0 Å². The maximum absolute atomic E-state index is 12.6. The number of carbonyl (C=O) groups excluding carboxylic acids is 1. The van der Waals surface area contributed by atoms with Gasteiger partial charge < -0.3 is 9.42 Å². The number of likely N-dealkylation sites (tertiary alicyclic amines) is 2. The Labute approximate surface area is 176 Å². The fraction of sp³-hybridized carbons (Fsp3) is 0.458. The van der Waals surface area contributed by atoms with E-state index in [0.717, 1.165) is 69.6 Å². The van der Waals surface area contributed by atoms with Crippen molar-refractivity contribution in [3.63, 3.8) is 0 Å². The lowest BCUT2D eigenvalue weighted by atomic mass is 9.93. The zero-order chi connectivity index (χ0) is 20.3. The SMILES string of the molecule is O=C(c1cc(C2CCN(Cc3ccnc4ccccc34)CC2)no1)N1CCCCC1. The van der Waals surface area contributed by atoms with Crippen LogP contribution in [0.2, 0.25) is 0 Å². The van der Waals surface area contributed by atoms with Crippen LogP contribution < -0.4 is 0 Å². The van der Waals surface area contributed by atoms with Crippen molar-refractivity contribution in [3.05, 3.63) is 59.6 Å². The molecule has 0 N–H and O–H groups in total. The monoisotopic (exact) mass is 404 g/mol. The first-order valence-corrected chi connectivity index (χ1v) is 11.1. The molecule has 2 saturated heterocycles. The van der Waals surface area contributed by atoms with E-state index >= 15 is 0 Å². The Balaban J connectivity index is 1.20. The van der Waals surface area contributed by atoms with Crippen LogP contribution in [-0.4, -0.2) is 52.0 Å². The summed E-state index contributed by atoms with van der Waals surface area (Å²) in [5, 5.41) is 5.49. The molecule has 0 spiro atoms. The lowest BCUT2D eigenvalue weighted by molar-refractivity contribution is 0.0682. The van der Waals surface area contributed by atoms with E-state index in [2.05, 4.69) is 39.3 Å². The van der Waals surface area contributed by atoms with Crippen LogP contribution in [0.15, 0.2) is 47.1 Å². The van der Waals surface area contributed by atoms with E-state index in [1.54, 1.807) is 0 Å². The molecule has 1 aromatic carbocycles. The molecule has 0 radical (unpaired) electrons. The van der Waals surface area contributed by atoms with Crippen molar-refractivity contribution >= 4 is 16.8 Å². The van der Waals surface area contributed by atoms with Gasteiger partial charge in [0.05, 0.1) is 11.2 Å². The maximum Gasteiger partial charge on any atom is 0.292 e. The van der Waals surface area contributed by atoms with Crippen molar-refractivity contribution in [2.45, 2.75) is 44.6 Å². The molecule has 3 aromatic rings. The summed E-state index contributed by atoms with van der Waals surface area (Å²) in [6.07, 6.45) is 7.34. The van der Waals surface area contributed by atoms with Gasteiger partial charge in [-0.2, -0.15) is 0 Å². The van der Waals surface area contributed by atoms with E-state index in [0.29, 0.717) is 11.7 Å². The standard InChI is InChI=1S/C24H28N4O2/c29-24(28-12-4-1-5-13-28)23-16-22(26-30-23)18-9-14-27(15-10-18)17-19-8-11-25-21-7-3-2-6-20(19)21/h2-3,6-8,11,16,18H,1,4-5,9-10,12-15,17H2. The number of pyridine rings is 1. The lowest BCUT2D eigenvalue weighted by Crippen LogP contribution is -2.35. The summed E-state index contributed by atoms with van der Waals surface area (Å²) < 4.78 is 5.44. The Bertz CT molecular complexity index is 1010. The Morgan fingerprint density at radius 3 is 2.67 bits per heavy atom. The molecule has 0 bridgehead atoms. The van der Waals surface area contributed by atoms with Crippen molar-refractivity contribution in [1.29, 1.82) is 0 Å². The van der Waals surface area contributed by atoms with Gasteiger partial charge in [-0.25, -0.2) is 0 Å². The molecule has 5 rings (SSSR count). The number of benzene rings is 1. The number of carbonyl (C=O) groups is 1. The van der Waals surface area contributed by atoms with Gasteiger partial charge in [0.2, 0.25) is 5.76 Å². The minimum Gasteiger partial charge on any atom is -0.351 e. The van der Waals surface area contributed by atoms with Crippen LogP contribution >= 0.6 is 0 Å². The van der Waals surface area contributed by atoms with Gasteiger partial charge in [-0.05, 0) is 62.9 Å². The van der Waals surface area contributed by atoms with Crippen molar-refractivity contribution in [2.75, 3.05) is 26.2 Å². The number of amides is 1. The highest BCUT2D eigenvalue weighted by Gasteiger charge is 2.27. The number of nitrogens with zero attached hydrogens (tertiary/aromatic N) is 4. The first-order valence-electron chi connectivity index (χ1n) is 11.1. The van der Waals surface area contributed by atoms with Crippen LogP contribution in [-0.2, 0) is 6.54 Å². The smallest absolute Gasteiger partial charge is 0.292 e. The van der Waals surface area contributed by atoms with Crippen LogP contribution in [0.1, 0.15) is 59.8 Å². The lowest BCUT2D eigenvalue weighted by Gasteiger charge is -2.31. The number of aromatic nitrogens is 2. The second kappa shape index (κ2) is 8.56. The van der Waals surface area contributed by atoms with E-state index < -0.39 is 0 Å². The second-order valence-electron chi connectivity index (χ2n) is 8.51. The molecule has 2 aliphatic heterocycles. The summed E-state index contributed by atoms with van der Waals surface area (Å²) in [6.45, 7) is 4.63. The van der Waals surface area contributed by atoms with E-state index in [1.807, 2.05) is 23.2 Å². The molecule has 4 heterocycles. The minimum absolute atomic E-state index is 0.00421. The highest BCUT2D eigenvalue weighted by Crippen LogP contribution is 2.29.